The summed E-state index contributed by atoms with van der Waals surface area (Å²) in [4.78, 5) is 22.3. The van der Waals surface area contributed by atoms with E-state index in [-0.39, 0.29) is 0 Å². The summed E-state index contributed by atoms with van der Waals surface area (Å²) in [5.74, 6) is 0.923. The zero-order chi connectivity index (χ0) is 17.5. The number of nitriles is 1. The van der Waals surface area contributed by atoms with Crippen LogP contribution in [0.1, 0.15) is 24.6 Å². The summed E-state index contributed by atoms with van der Waals surface area (Å²) in [7, 11) is 0. The lowest BCUT2D eigenvalue weighted by molar-refractivity contribution is 0.647. The van der Waals surface area contributed by atoms with Crippen molar-refractivity contribution in [2.45, 2.75) is 18.9 Å². The van der Waals surface area contributed by atoms with Crippen LogP contribution in [0.15, 0.2) is 31.0 Å². The molecular weight excluding hydrogens is 328 g/mol. The highest BCUT2D eigenvalue weighted by Crippen LogP contribution is 2.37. The first-order valence-corrected chi connectivity index (χ1v) is 8.87. The highest BCUT2D eigenvalue weighted by Gasteiger charge is 2.28. The van der Waals surface area contributed by atoms with E-state index in [9.17, 15) is 0 Å². The molecule has 4 heterocycles. The second kappa shape index (κ2) is 5.95. The van der Waals surface area contributed by atoms with E-state index in [1.54, 1.807) is 18.6 Å². The van der Waals surface area contributed by atoms with E-state index in [2.05, 4.69) is 40.4 Å². The van der Waals surface area contributed by atoms with Crippen molar-refractivity contribution in [3.63, 3.8) is 0 Å². The van der Waals surface area contributed by atoms with Crippen molar-refractivity contribution < 1.29 is 0 Å². The standard InChI is InChI=1S/C18H18N8/c19-9-13-1-2-15(10-20-13)24-5-7-25(8-6-24)17-16-18(22-11-21-17)26(12-23-16)14-3-4-14/h1-2,10-12,14H,3-8H2. The van der Waals surface area contributed by atoms with Crippen molar-refractivity contribution >= 4 is 22.7 Å². The molecular formula is C18H18N8. The summed E-state index contributed by atoms with van der Waals surface area (Å²) in [5, 5.41) is 8.87. The smallest absolute Gasteiger partial charge is 0.165 e. The molecule has 3 aromatic rings. The first-order valence-electron chi connectivity index (χ1n) is 8.87. The number of imidazole rings is 1. The van der Waals surface area contributed by atoms with Crippen LogP contribution in [0.4, 0.5) is 11.5 Å². The van der Waals surface area contributed by atoms with Crippen LogP contribution in [0, 0.1) is 11.3 Å². The van der Waals surface area contributed by atoms with E-state index in [0.29, 0.717) is 11.7 Å². The van der Waals surface area contributed by atoms with Crippen LogP contribution in [0.2, 0.25) is 0 Å². The van der Waals surface area contributed by atoms with E-state index in [4.69, 9.17) is 5.26 Å². The van der Waals surface area contributed by atoms with Gasteiger partial charge in [-0.05, 0) is 25.0 Å². The molecule has 26 heavy (non-hydrogen) atoms. The van der Waals surface area contributed by atoms with Gasteiger partial charge in [-0.3, -0.25) is 0 Å². The molecule has 0 bridgehead atoms. The topological polar surface area (TPSA) is 86.8 Å². The van der Waals surface area contributed by atoms with Gasteiger partial charge in [-0.1, -0.05) is 0 Å². The molecule has 0 amide bonds. The number of piperazine rings is 1. The Balaban J connectivity index is 1.35. The Morgan fingerprint density at radius 3 is 2.46 bits per heavy atom. The minimum atomic E-state index is 0.446. The number of hydrogen-bond acceptors (Lipinski definition) is 7. The third kappa shape index (κ3) is 2.52. The van der Waals surface area contributed by atoms with Crippen molar-refractivity contribution in [1.29, 1.82) is 5.26 Å². The number of pyridine rings is 1. The first kappa shape index (κ1) is 15.1. The molecule has 1 saturated heterocycles. The maximum atomic E-state index is 8.87. The van der Waals surface area contributed by atoms with Crippen LogP contribution in [0.3, 0.4) is 0 Å². The number of anilines is 2. The van der Waals surface area contributed by atoms with Gasteiger partial charge >= 0.3 is 0 Å². The third-order valence-corrected chi connectivity index (χ3v) is 5.09. The van der Waals surface area contributed by atoms with E-state index in [0.717, 1.165) is 48.8 Å². The van der Waals surface area contributed by atoms with Gasteiger partial charge in [0.25, 0.3) is 0 Å². The molecule has 1 aliphatic carbocycles. The van der Waals surface area contributed by atoms with Crippen molar-refractivity contribution in [3.05, 3.63) is 36.7 Å². The van der Waals surface area contributed by atoms with E-state index < -0.39 is 0 Å². The fourth-order valence-corrected chi connectivity index (χ4v) is 3.51. The number of hydrogen-bond donors (Lipinski definition) is 0. The molecule has 0 atom stereocenters. The Kier molecular flexibility index (Phi) is 3.45. The predicted octanol–water partition coefficient (Wildman–Crippen LogP) is 1.75. The molecule has 5 rings (SSSR count). The SMILES string of the molecule is N#Cc1ccc(N2CCN(c3ncnc4c3ncn4C3CC3)CC2)cn1. The number of rotatable bonds is 3. The molecule has 1 aliphatic heterocycles. The van der Waals surface area contributed by atoms with Gasteiger partial charge < -0.3 is 14.4 Å². The van der Waals surface area contributed by atoms with Crippen LogP contribution >= 0.6 is 0 Å². The van der Waals surface area contributed by atoms with Crippen molar-refractivity contribution in [3.8, 4) is 6.07 Å². The maximum absolute atomic E-state index is 8.87. The third-order valence-electron chi connectivity index (χ3n) is 5.09. The molecule has 1 saturated carbocycles. The Hall–Kier alpha value is -3.21. The van der Waals surface area contributed by atoms with Crippen LogP contribution < -0.4 is 9.80 Å². The molecule has 3 aromatic heterocycles. The number of fused-ring (bicyclic) bond motifs is 1. The van der Waals surface area contributed by atoms with Crippen LogP contribution in [-0.4, -0.2) is 50.7 Å². The summed E-state index contributed by atoms with van der Waals surface area (Å²) in [6, 6.07) is 6.34. The van der Waals surface area contributed by atoms with Crippen LogP contribution in [-0.2, 0) is 0 Å². The number of nitrogens with zero attached hydrogens (tertiary/aromatic N) is 8. The van der Waals surface area contributed by atoms with E-state index in [1.165, 1.54) is 12.8 Å². The number of aromatic nitrogens is 5. The quantitative estimate of drug-likeness (QED) is 0.714. The van der Waals surface area contributed by atoms with E-state index >= 15 is 0 Å². The molecule has 2 fully saturated rings. The Bertz CT molecular complexity index is 975. The zero-order valence-corrected chi connectivity index (χ0v) is 14.3. The summed E-state index contributed by atoms with van der Waals surface area (Å²) >= 11 is 0. The minimum absolute atomic E-state index is 0.446. The Morgan fingerprint density at radius 1 is 0.962 bits per heavy atom. The molecule has 0 N–H and O–H groups in total. The highest BCUT2D eigenvalue weighted by atomic mass is 15.3. The van der Waals surface area contributed by atoms with Gasteiger partial charge in [0.1, 0.15) is 18.1 Å². The maximum Gasteiger partial charge on any atom is 0.165 e. The molecule has 0 unspecified atom stereocenters. The van der Waals surface area contributed by atoms with Gasteiger partial charge in [0.2, 0.25) is 0 Å². The van der Waals surface area contributed by atoms with Crippen LogP contribution in [0.25, 0.3) is 11.2 Å². The fourth-order valence-electron chi connectivity index (χ4n) is 3.51. The first-order chi connectivity index (χ1) is 12.8. The minimum Gasteiger partial charge on any atom is -0.367 e. The average Bonchev–Trinajstić information content (AvgIpc) is 3.46. The van der Waals surface area contributed by atoms with Gasteiger partial charge in [-0.15, -0.1) is 0 Å². The van der Waals surface area contributed by atoms with Crippen molar-refractivity contribution in [1.82, 2.24) is 24.5 Å². The average molecular weight is 346 g/mol. The van der Waals surface area contributed by atoms with Gasteiger partial charge in [0.05, 0.1) is 18.2 Å². The molecule has 8 nitrogen and oxygen atoms in total. The highest BCUT2D eigenvalue weighted by molar-refractivity contribution is 5.83. The Labute approximate surface area is 150 Å². The van der Waals surface area contributed by atoms with Crippen LogP contribution in [0.5, 0.6) is 0 Å². The van der Waals surface area contributed by atoms with Gasteiger partial charge in [0.15, 0.2) is 17.0 Å². The summed E-state index contributed by atoms with van der Waals surface area (Å²) in [6.07, 6.45) is 7.74. The van der Waals surface area contributed by atoms with Crippen molar-refractivity contribution in [2.24, 2.45) is 0 Å². The molecule has 0 aromatic carbocycles. The normalized spacial score (nSPS) is 17.5. The lowest BCUT2D eigenvalue weighted by atomic mass is 10.2. The lowest BCUT2D eigenvalue weighted by Crippen LogP contribution is -2.47. The largest absolute Gasteiger partial charge is 0.367 e. The fraction of sp³-hybridized carbons (Fsp3) is 0.389. The monoisotopic (exact) mass is 346 g/mol. The molecule has 0 radical (unpaired) electrons. The summed E-state index contributed by atoms with van der Waals surface area (Å²) < 4.78 is 2.18. The lowest BCUT2D eigenvalue weighted by Gasteiger charge is -2.36. The zero-order valence-electron chi connectivity index (χ0n) is 14.3. The molecule has 130 valence electrons. The van der Waals surface area contributed by atoms with Crippen molar-refractivity contribution in [2.75, 3.05) is 36.0 Å². The Morgan fingerprint density at radius 2 is 1.77 bits per heavy atom. The molecule has 0 spiro atoms. The summed E-state index contributed by atoms with van der Waals surface area (Å²) in [5.41, 5.74) is 3.33. The van der Waals surface area contributed by atoms with E-state index in [1.807, 2.05) is 12.4 Å². The van der Waals surface area contributed by atoms with Gasteiger partial charge in [-0.25, -0.2) is 19.9 Å². The predicted molar refractivity (Wildman–Crippen MR) is 97.0 cm³/mol. The van der Waals surface area contributed by atoms with Gasteiger partial charge in [0, 0.05) is 32.2 Å². The second-order valence-corrected chi connectivity index (χ2v) is 6.74. The summed E-state index contributed by atoms with van der Waals surface area (Å²) in [6.45, 7) is 3.48. The van der Waals surface area contributed by atoms with Gasteiger partial charge in [-0.2, -0.15) is 5.26 Å². The molecule has 2 aliphatic rings. The molecule has 8 heteroatoms. The second-order valence-electron chi connectivity index (χ2n) is 6.74.